The monoisotopic (exact) mass is 452 g/mol. The molecule has 0 aliphatic heterocycles. The Morgan fingerprint density at radius 2 is 0.967 bits per heavy atom. The van der Waals surface area contributed by atoms with Gasteiger partial charge in [0.2, 0.25) is 0 Å². The second-order valence-corrected chi connectivity index (χ2v) is 9.27. The van der Waals surface area contributed by atoms with Crippen LogP contribution in [0.4, 0.5) is 0 Å². The van der Waals surface area contributed by atoms with Crippen molar-refractivity contribution < 1.29 is 17.5 Å². The molecule has 172 valence electrons. The van der Waals surface area contributed by atoms with Gasteiger partial charge in [-0.15, -0.1) is 0 Å². The molecule has 0 atom stereocenters. The third-order valence-corrected chi connectivity index (χ3v) is 5.63. The fourth-order valence-corrected chi connectivity index (χ4v) is 3.88. The van der Waals surface area contributed by atoms with E-state index < -0.39 is 10.1 Å². The van der Waals surface area contributed by atoms with Crippen molar-refractivity contribution in [1.82, 2.24) is 0 Å². The van der Waals surface area contributed by atoms with E-state index in [1.807, 2.05) is 24.3 Å². The number of quaternary nitrogens is 1. The summed E-state index contributed by atoms with van der Waals surface area (Å²) in [6, 6.07) is 0. The van der Waals surface area contributed by atoms with Gasteiger partial charge in [-0.2, -0.15) is 8.42 Å². The quantitative estimate of drug-likeness (QED) is 0.0900. The van der Waals surface area contributed by atoms with Crippen molar-refractivity contribution in [3.8, 4) is 0 Å². The number of hydrogen-bond donors (Lipinski definition) is 1. The Balaban J connectivity index is -0.000000480. The van der Waals surface area contributed by atoms with Crippen molar-refractivity contribution >= 4 is 39.7 Å². The van der Waals surface area contributed by atoms with Crippen molar-refractivity contribution in [2.24, 2.45) is 0 Å². The average molecular weight is 453 g/mol. The zero-order valence-corrected chi connectivity index (χ0v) is 19.7. The molecule has 0 aliphatic rings. The van der Waals surface area contributed by atoms with Crippen LogP contribution in [0.1, 0.15) is 71.1 Å². The second kappa shape index (κ2) is 23.5. The van der Waals surface area contributed by atoms with Crippen LogP contribution in [0.25, 0.3) is 0 Å². The minimum absolute atomic E-state index is 0. The van der Waals surface area contributed by atoms with Crippen LogP contribution in [0.3, 0.4) is 0 Å². The Morgan fingerprint density at radius 1 is 0.667 bits per heavy atom. The Bertz CT molecular complexity index is 487. The molecule has 4 nitrogen and oxygen atoms in total. The molecule has 0 saturated carbocycles. The summed E-state index contributed by atoms with van der Waals surface area (Å²) in [6.45, 7) is 21.1. The molecular weight excluding hydrogens is 405 g/mol. The van der Waals surface area contributed by atoms with E-state index in [0.717, 1.165) is 43.5 Å². The maximum atomic E-state index is 10.4. The molecule has 0 spiro atoms. The van der Waals surface area contributed by atoms with Gasteiger partial charge in [-0.3, -0.25) is 4.55 Å². The maximum absolute atomic E-state index is 10.4. The molecule has 0 heterocycles. The van der Waals surface area contributed by atoms with E-state index in [1.165, 1.54) is 44.9 Å². The summed E-state index contributed by atoms with van der Waals surface area (Å²) in [5.74, 6) is -0.0799. The zero-order valence-electron chi connectivity index (χ0n) is 18.9. The first-order valence-corrected chi connectivity index (χ1v) is 12.7. The SMILES string of the molecule is C=CC[N+](CC=C)(CC=C)CC=C.CCCCCCCCCCCCS(=O)(=O)O.[NaH]. The Morgan fingerprint density at radius 3 is 1.23 bits per heavy atom. The van der Waals surface area contributed by atoms with Gasteiger partial charge in [0.05, 0.1) is 31.9 Å². The summed E-state index contributed by atoms with van der Waals surface area (Å²) < 4.78 is 30.3. The molecule has 0 saturated heterocycles. The summed E-state index contributed by atoms with van der Waals surface area (Å²) in [6.07, 6.45) is 19.4. The number of rotatable bonds is 19. The minimum atomic E-state index is -3.73. The van der Waals surface area contributed by atoms with Crippen LogP contribution in [0.5, 0.6) is 0 Å². The standard InChI is InChI=1S/C12H20N.C12H26O3S.Na.H/c1-5-9-13(10-6-2,11-7-3)12-8-4;1-2-3-4-5-6-7-8-9-10-11-12-16(13,14)15;;/h5-8H,1-4,9-12H2;2-12H2,1H3,(H,13,14,15);;/q+1;;;. The molecular formula is C24H47NNaO3S+. The van der Waals surface area contributed by atoms with Gasteiger partial charge in [0.1, 0.15) is 0 Å². The van der Waals surface area contributed by atoms with E-state index in [0.29, 0.717) is 6.42 Å². The summed E-state index contributed by atoms with van der Waals surface area (Å²) >= 11 is 0. The van der Waals surface area contributed by atoms with Crippen LogP contribution >= 0.6 is 0 Å². The Hall–Kier alpha value is -0.170. The topological polar surface area (TPSA) is 54.4 Å². The molecule has 0 fully saturated rings. The molecule has 0 rings (SSSR count). The molecule has 0 amide bonds. The van der Waals surface area contributed by atoms with Gasteiger partial charge in [0, 0.05) is 0 Å². The van der Waals surface area contributed by atoms with Crippen LogP contribution in [0, 0.1) is 0 Å². The summed E-state index contributed by atoms with van der Waals surface area (Å²) in [4.78, 5) is 0. The van der Waals surface area contributed by atoms with Gasteiger partial charge in [-0.1, -0.05) is 91.0 Å². The summed E-state index contributed by atoms with van der Waals surface area (Å²) in [5, 5.41) is 0. The molecule has 1 N–H and O–H groups in total. The van der Waals surface area contributed by atoms with Crippen LogP contribution in [0.2, 0.25) is 0 Å². The predicted molar refractivity (Wildman–Crippen MR) is 136 cm³/mol. The van der Waals surface area contributed by atoms with E-state index in [2.05, 4.69) is 33.2 Å². The molecule has 0 aromatic carbocycles. The van der Waals surface area contributed by atoms with Crippen molar-refractivity contribution in [3.63, 3.8) is 0 Å². The fraction of sp³-hybridized carbons (Fsp3) is 0.667. The first-order chi connectivity index (χ1) is 13.8. The number of nitrogens with zero attached hydrogens (tertiary/aromatic N) is 1. The van der Waals surface area contributed by atoms with Crippen molar-refractivity contribution in [2.75, 3.05) is 31.9 Å². The summed E-state index contributed by atoms with van der Waals surface area (Å²) in [5.41, 5.74) is 0. The van der Waals surface area contributed by atoms with E-state index in [9.17, 15) is 8.42 Å². The molecule has 0 aromatic rings. The molecule has 0 bridgehead atoms. The Kier molecular flexibility index (Phi) is 27.0. The average Bonchev–Trinajstić information content (AvgIpc) is 2.64. The normalized spacial score (nSPS) is 10.9. The molecule has 0 aromatic heterocycles. The van der Waals surface area contributed by atoms with Crippen LogP contribution in [0.15, 0.2) is 50.6 Å². The van der Waals surface area contributed by atoms with Crippen LogP contribution < -0.4 is 0 Å². The molecule has 30 heavy (non-hydrogen) atoms. The third-order valence-electron chi connectivity index (χ3n) is 4.82. The van der Waals surface area contributed by atoms with Gasteiger partial charge in [-0.05, 0) is 30.7 Å². The van der Waals surface area contributed by atoms with Gasteiger partial charge < -0.3 is 4.48 Å². The first-order valence-electron chi connectivity index (χ1n) is 11.0. The molecule has 0 unspecified atom stereocenters. The first kappa shape index (κ1) is 34.4. The van der Waals surface area contributed by atoms with Gasteiger partial charge >= 0.3 is 29.6 Å². The van der Waals surface area contributed by atoms with Crippen LogP contribution in [-0.2, 0) is 10.1 Å². The van der Waals surface area contributed by atoms with Crippen molar-refractivity contribution in [3.05, 3.63) is 50.6 Å². The fourth-order valence-electron chi connectivity index (χ4n) is 3.31. The Labute approximate surface area is 209 Å². The zero-order chi connectivity index (χ0) is 22.4. The number of hydrogen-bond acceptors (Lipinski definition) is 2. The van der Waals surface area contributed by atoms with Crippen molar-refractivity contribution in [1.29, 1.82) is 0 Å². The van der Waals surface area contributed by atoms with Crippen molar-refractivity contribution in [2.45, 2.75) is 71.1 Å². The summed E-state index contributed by atoms with van der Waals surface area (Å²) in [7, 11) is -3.73. The van der Waals surface area contributed by atoms with E-state index in [-0.39, 0.29) is 35.3 Å². The van der Waals surface area contributed by atoms with E-state index in [1.54, 1.807) is 0 Å². The molecule has 6 heteroatoms. The van der Waals surface area contributed by atoms with E-state index >= 15 is 0 Å². The van der Waals surface area contributed by atoms with Gasteiger partial charge in [-0.25, -0.2) is 0 Å². The molecule has 0 radical (unpaired) electrons. The third kappa shape index (κ3) is 24.1. The second-order valence-electron chi connectivity index (χ2n) is 7.69. The number of unbranched alkanes of at least 4 members (excludes halogenated alkanes) is 9. The van der Waals surface area contributed by atoms with E-state index in [4.69, 9.17) is 4.55 Å². The predicted octanol–water partition coefficient (Wildman–Crippen LogP) is 5.69. The van der Waals surface area contributed by atoms with Crippen LogP contribution in [-0.4, -0.2) is 78.9 Å². The molecule has 0 aliphatic carbocycles. The van der Waals surface area contributed by atoms with Gasteiger partial charge in [0.15, 0.2) is 0 Å². The van der Waals surface area contributed by atoms with Gasteiger partial charge in [0.25, 0.3) is 10.1 Å².